The maximum atomic E-state index is 10.5. The minimum atomic E-state index is -0.419. The highest BCUT2D eigenvalue weighted by atomic mass is 16.6. The van der Waals surface area contributed by atoms with Gasteiger partial charge in [-0.05, 0) is 25.0 Å². The standard InChI is InChI=1S/C12H14N4O2/c1-2-3-4-10-9-15(14-13-10)11-5-7-12(8-6-11)16(17)18/h5-9H,2-4H2,1H3. The Morgan fingerprint density at radius 2 is 2.06 bits per heavy atom. The highest BCUT2D eigenvalue weighted by Gasteiger charge is 2.06. The van der Waals surface area contributed by atoms with E-state index in [-0.39, 0.29) is 5.69 Å². The van der Waals surface area contributed by atoms with E-state index in [1.807, 2.05) is 6.20 Å². The number of unbranched alkanes of at least 4 members (excludes halogenated alkanes) is 1. The normalized spacial score (nSPS) is 10.5. The topological polar surface area (TPSA) is 73.8 Å². The van der Waals surface area contributed by atoms with Crippen LogP contribution in [-0.4, -0.2) is 19.9 Å². The van der Waals surface area contributed by atoms with E-state index in [1.165, 1.54) is 12.1 Å². The lowest BCUT2D eigenvalue weighted by Crippen LogP contribution is -1.95. The van der Waals surface area contributed by atoms with E-state index in [2.05, 4.69) is 17.2 Å². The SMILES string of the molecule is CCCCc1cn(-c2ccc([N+](=O)[O-])cc2)nn1. The van der Waals surface area contributed by atoms with Gasteiger partial charge < -0.3 is 0 Å². The molecule has 0 saturated heterocycles. The van der Waals surface area contributed by atoms with Crippen molar-refractivity contribution in [2.75, 3.05) is 0 Å². The van der Waals surface area contributed by atoms with Crippen molar-refractivity contribution in [1.29, 1.82) is 0 Å². The van der Waals surface area contributed by atoms with Crippen LogP contribution in [0.4, 0.5) is 5.69 Å². The highest BCUT2D eigenvalue weighted by molar-refractivity contribution is 5.40. The Kier molecular flexibility index (Phi) is 3.66. The van der Waals surface area contributed by atoms with Crippen molar-refractivity contribution in [3.63, 3.8) is 0 Å². The smallest absolute Gasteiger partial charge is 0.258 e. The summed E-state index contributed by atoms with van der Waals surface area (Å²) in [5.74, 6) is 0. The molecule has 2 rings (SSSR count). The first-order valence-corrected chi connectivity index (χ1v) is 5.86. The van der Waals surface area contributed by atoms with Gasteiger partial charge in [0.05, 0.1) is 22.5 Å². The molecule has 0 aliphatic carbocycles. The monoisotopic (exact) mass is 246 g/mol. The molecule has 0 unspecified atom stereocenters. The molecular weight excluding hydrogens is 232 g/mol. The Bertz CT molecular complexity index is 533. The molecular formula is C12H14N4O2. The van der Waals surface area contributed by atoms with Gasteiger partial charge in [-0.3, -0.25) is 10.1 Å². The largest absolute Gasteiger partial charge is 0.269 e. The number of benzene rings is 1. The van der Waals surface area contributed by atoms with E-state index in [4.69, 9.17) is 0 Å². The van der Waals surface area contributed by atoms with Gasteiger partial charge in [0.25, 0.3) is 5.69 Å². The van der Waals surface area contributed by atoms with Crippen LogP contribution in [0.5, 0.6) is 0 Å². The van der Waals surface area contributed by atoms with Crippen LogP contribution in [0, 0.1) is 10.1 Å². The molecule has 0 N–H and O–H groups in total. The molecule has 6 nitrogen and oxygen atoms in total. The van der Waals surface area contributed by atoms with Crippen LogP contribution >= 0.6 is 0 Å². The van der Waals surface area contributed by atoms with Gasteiger partial charge in [-0.15, -0.1) is 5.10 Å². The second-order valence-corrected chi connectivity index (χ2v) is 4.03. The van der Waals surface area contributed by atoms with E-state index in [1.54, 1.807) is 16.8 Å². The quantitative estimate of drug-likeness (QED) is 0.600. The highest BCUT2D eigenvalue weighted by Crippen LogP contribution is 2.14. The third kappa shape index (κ3) is 2.71. The molecule has 0 radical (unpaired) electrons. The fourth-order valence-electron chi connectivity index (χ4n) is 1.62. The summed E-state index contributed by atoms with van der Waals surface area (Å²) >= 11 is 0. The second kappa shape index (κ2) is 5.39. The maximum absolute atomic E-state index is 10.5. The Morgan fingerprint density at radius 3 is 2.67 bits per heavy atom. The lowest BCUT2D eigenvalue weighted by atomic mass is 10.2. The Labute approximate surface area is 104 Å². The average molecular weight is 246 g/mol. The van der Waals surface area contributed by atoms with E-state index < -0.39 is 4.92 Å². The molecule has 0 aliphatic heterocycles. The zero-order valence-corrected chi connectivity index (χ0v) is 10.1. The van der Waals surface area contributed by atoms with Crippen molar-refractivity contribution in [2.45, 2.75) is 26.2 Å². The molecule has 0 aliphatic rings. The van der Waals surface area contributed by atoms with Crippen molar-refractivity contribution in [2.24, 2.45) is 0 Å². The number of rotatable bonds is 5. The summed E-state index contributed by atoms with van der Waals surface area (Å²) < 4.78 is 1.63. The van der Waals surface area contributed by atoms with E-state index in [9.17, 15) is 10.1 Å². The van der Waals surface area contributed by atoms with E-state index >= 15 is 0 Å². The average Bonchev–Trinajstić information content (AvgIpc) is 2.85. The van der Waals surface area contributed by atoms with Crippen molar-refractivity contribution in [3.05, 3.63) is 46.3 Å². The molecule has 0 atom stereocenters. The number of aromatic nitrogens is 3. The first kappa shape index (κ1) is 12.2. The first-order valence-electron chi connectivity index (χ1n) is 5.86. The summed E-state index contributed by atoms with van der Waals surface area (Å²) in [6.07, 6.45) is 4.96. The summed E-state index contributed by atoms with van der Waals surface area (Å²) in [4.78, 5) is 10.1. The summed E-state index contributed by atoms with van der Waals surface area (Å²) in [7, 11) is 0. The van der Waals surface area contributed by atoms with Gasteiger partial charge in [0.15, 0.2) is 0 Å². The van der Waals surface area contributed by atoms with Crippen LogP contribution < -0.4 is 0 Å². The Hall–Kier alpha value is -2.24. The maximum Gasteiger partial charge on any atom is 0.269 e. The van der Waals surface area contributed by atoms with Gasteiger partial charge in [-0.25, -0.2) is 4.68 Å². The van der Waals surface area contributed by atoms with Crippen LogP contribution in [0.2, 0.25) is 0 Å². The molecule has 0 amide bonds. The van der Waals surface area contributed by atoms with Crippen LogP contribution in [-0.2, 0) is 6.42 Å². The van der Waals surface area contributed by atoms with Crippen molar-refractivity contribution in [3.8, 4) is 5.69 Å². The molecule has 6 heteroatoms. The van der Waals surface area contributed by atoms with Gasteiger partial charge in [0.1, 0.15) is 0 Å². The molecule has 1 aromatic heterocycles. The molecule has 18 heavy (non-hydrogen) atoms. The van der Waals surface area contributed by atoms with Crippen molar-refractivity contribution in [1.82, 2.24) is 15.0 Å². The molecule has 1 heterocycles. The first-order chi connectivity index (χ1) is 8.70. The molecule has 0 spiro atoms. The Morgan fingerprint density at radius 1 is 1.33 bits per heavy atom. The van der Waals surface area contributed by atoms with E-state index in [0.29, 0.717) is 0 Å². The van der Waals surface area contributed by atoms with E-state index in [0.717, 1.165) is 30.6 Å². The fraction of sp³-hybridized carbons (Fsp3) is 0.333. The number of hydrogen-bond acceptors (Lipinski definition) is 4. The summed E-state index contributed by atoms with van der Waals surface area (Å²) in [5.41, 5.74) is 1.79. The van der Waals surface area contributed by atoms with Gasteiger partial charge >= 0.3 is 0 Å². The molecule has 0 saturated carbocycles. The summed E-state index contributed by atoms with van der Waals surface area (Å²) in [6, 6.07) is 6.25. The molecule has 0 fully saturated rings. The minimum Gasteiger partial charge on any atom is -0.258 e. The third-order valence-electron chi connectivity index (χ3n) is 2.65. The van der Waals surface area contributed by atoms with Crippen LogP contribution in [0.25, 0.3) is 5.69 Å². The fourth-order valence-corrected chi connectivity index (χ4v) is 1.62. The molecule has 0 bridgehead atoms. The predicted molar refractivity (Wildman–Crippen MR) is 66.6 cm³/mol. The van der Waals surface area contributed by atoms with Gasteiger partial charge in [0.2, 0.25) is 0 Å². The zero-order chi connectivity index (χ0) is 13.0. The van der Waals surface area contributed by atoms with Crippen molar-refractivity contribution < 1.29 is 4.92 Å². The minimum absolute atomic E-state index is 0.0741. The van der Waals surface area contributed by atoms with Gasteiger partial charge in [0, 0.05) is 12.1 Å². The van der Waals surface area contributed by atoms with Crippen LogP contribution in [0.15, 0.2) is 30.5 Å². The van der Waals surface area contributed by atoms with Gasteiger partial charge in [-0.1, -0.05) is 18.6 Å². The Balaban J connectivity index is 2.15. The number of nitrogens with zero attached hydrogens (tertiary/aromatic N) is 4. The molecule has 1 aromatic carbocycles. The lowest BCUT2D eigenvalue weighted by Gasteiger charge is -1.98. The van der Waals surface area contributed by atoms with Crippen LogP contribution in [0.3, 0.4) is 0 Å². The number of nitro groups is 1. The zero-order valence-electron chi connectivity index (χ0n) is 10.1. The number of hydrogen-bond donors (Lipinski definition) is 0. The molecule has 94 valence electrons. The number of non-ortho nitro benzene ring substituents is 1. The third-order valence-corrected chi connectivity index (χ3v) is 2.65. The number of nitro benzene ring substituents is 1. The van der Waals surface area contributed by atoms with Crippen molar-refractivity contribution >= 4 is 5.69 Å². The number of aryl methyl sites for hydroxylation is 1. The second-order valence-electron chi connectivity index (χ2n) is 4.03. The lowest BCUT2D eigenvalue weighted by molar-refractivity contribution is -0.384. The molecule has 2 aromatic rings. The predicted octanol–water partition coefficient (Wildman–Crippen LogP) is 2.52. The van der Waals surface area contributed by atoms with Gasteiger partial charge in [-0.2, -0.15) is 0 Å². The summed E-state index contributed by atoms with van der Waals surface area (Å²) in [6.45, 7) is 2.13. The summed E-state index contributed by atoms with van der Waals surface area (Å²) in [5, 5.41) is 18.6. The van der Waals surface area contributed by atoms with Crippen LogP contribution in [0.1, 0.15) is 25.5 Å².